The van der Waals surface area contributed by atoms with Crippen molar-refractivity contribution < 1.29 is 5.11 Å². The van der Waals surface area contributed by atoms with Crippen LogP contribution in [0.1, 0.15) is 52.9 Å². The van der Waals surface area contributed by atoms with E-state index in [1.54, 1.807) is 0 Å². The predicted octanol–water partition coefficient (Wildman–Crippen LogP) is 4.02. The maximum absolute atomic E-state index is 10.8. The highest BCUT2D eigenvalue weighted by Gasteiger charge is 2.68. The lowest BCUT2D eigenvalue weighted by Crippen LogP contribution is -2.45. The fraction of sp³-hybridized carbons (Fsp3) is 1.00. The molecule has 0 amide bonds. The fourth-order valence-corrected chi connectivity index (χ4v) is 6.88. The number of halogens is 1. The van der Waals surface area contributed by atoms with Crippen LogP contribution in [0.5, 0.6) is 0 Å². The van der Waals surface area contributed by atoms with Gasteiger partial charge in [-0.3, -0.25) is 0 Å². The lowest BCUT2D eigenvalue weighted by Gasteiger charge is -2.44. The SMILES string of the molecule is CC1CC[C@@H]2C(C)(CI)C3CC12CC[C@@]3(C)O. The zero-order valence-corrected chi connectivity index (χ0v) is 13.5. The van der Waals surface area contributed by atoms with Crippen molar-refractivity contribution in [1.29, 1.82) is 0 Å². The molecule has 6 atom stereocenters. The highest BCUT2D eigenvalue weighted by Crippen LogP contribution is 2.73. The molecule has 3 fully saturated rings. The van der Waals surface area contributed by atoms with Crippen molar-refractivity contribution in [3.8, 4) is 0 Å². The minimum Gasteiger partial charge on any atom is -0.390 e. The summed E-state index contributed by atoms with van der Waals surface area (Å²) in [5.41, 5.74) is 0.563. The Morgan fingerprint density at radius 1 is 1.18 bits per heavy atom. The van der Waals surface area contributed by atoms with Crippen molar-refractivity contribution in [1.82, 2.24) is 0 Å². The van der Waals surface area contributed by atoms with Crippen LogP contribution in [0.15, 0.2) is 0 Å². The fourth-order valence-electron chi connectivity index (χ4n) is 5.82. The number of hydrogen-bond donors (Lipinski definition) is 1. The summed E-state index contributed by atoms with van der Waals surface area (Å²) in [6.07, 6.45) is 6.43. The summed E-state index contributed by atoms with van der Waals surface area (Å²) in [4.78, 5) is 0. The molecule has 0 aromatic rings. The van der Waals surface area contributed by atoms with E-state index >= 15 is 0 Å². The van der Waals surface area contributed by atoms with Crippen molar-refractivity contribution in [2.75, 3.05) is 4.43 Å². The molecule has 1 N–H and O–H groups in total. The van der Waals surface area contributed by atoms with Gasteiger partial charge in [-0.15, -0.1) is 0 Å². The van der Waals surface area contributed by atoms with E-state index in [9.17, 15) is 5.11 Å². The van der Waals surface area contributed by atoms with Crippen LogP contribution < -0.4 is 0 Å². The van der Waals surface area contributed by atoms with Crippen molar-refractivity contribution in [3.05, 3.63) is 0 Å². The number of aliphatic hydroxyl groups is 1. The van der Waals surface area contributed by atoms with Crippen molar-refractivity contribution in [2.24, 2.45) is 28.6 Å². The second-order valence-corrected chi connectivity index (χ2v) is 8.28. The first-order valence-electron chi connectivity index (χ1n) is 7.15. The van der Waals surface area contributed by atoms with Gasteiger partial charge in [-0.25, -0.2) is 0 Å². The Labute approximate surface area is 119 Å². The number of fused-ring (bicyclic) bond motifs is 1. The molecule has 17 heavy (non-hydrogen) atoms. The molecule has 0 aromatic carbocycles. The maximum atomic E-state index is 10.8. The average Bonchev–Trinajstić information content (AvgIpc) is 2.71. The lowest BCUT2D eigenvalue weighted by atomic mass is 9.64. The highest BCUT2D eigenvalue weighted by molar-refractivity contribution is 14.1. The molecule has 0 heterocycles. The Morgan fingerprint density at radius 2 is 1.88 bits per heavy atom. The third kappa shape index (κ3) is 1.40. The Balaban J connectivity index is 2.08. The maximum Gasteiger partial charge on any atom is 0.0653 e. The van der Waals surface area contributed by atoms with Gasteiger partial charge in [-0.1, -0.05) is 36.4 Å². The molecule has 0 saturated heterocycles. The van der Waals surface area contributed by atoms with E-state index in [2.05, 4.69) is 43.4 Å². The molecular weight excluding hydrogens is 323 g/mol. The standard InChI is InChI=1S/C15H25IO/c1-10-4-5-11-13(2,9-16)12-8-15(10,11)7-6-14(12,3)17/h10-12,17H,4-9H2,1-3H3/t10?,11-,12?,13?,14-,15?/m1/s1. The van der Waals surface area contributed by atoms with Crippen LogP contribution in [0, 0.1) is 28.6 Å². The monoisotopic (exact) mass is 348 g/mol. The van der Waals surface area contributed by atoms with Gasteiger partial charge in [0.2, 0.25) is 0 Å². The zero-order valence-electron chi connectivity index (χ0n) is 11.3. The van der Waals surface area contributed by atoms with Crippen molar-refractivity contribution in [2.45, 2.75) is 58.5 Å². The summed E-state index contributed by atoms with van der Waals surface area (Å²) in [6.45, 7) is 7.03. The molecule has 0 radical (unpaired) electrons. The van der Waals surface area contributed by atoms with Crippen LogP contribution in [0.3, 0.4) is 0 Å². The Hall–Kier alpha value is 0.690. The summed E-state index contributed by atoms with van der Waals surface area (Å²) < 4.78 is 1.21. The first-order chi connectivity index (χ1) is 7.87. The number of rotatable bonds is 1. The average molecular weight is 348 g/mol. The zero-order chi connectivity index (χ0) is 12.5. The van der Waals surface area contributed by atoms with E-state index in [4.69, 9.17) is 0 Å². The highest BCUT2D eigenvalue weighted by atomic mass is 127. The molecule has 1 spiro atoms. The van der Waals surface area contributed by atoms with E-state index in [1.165, 1.54) is 30.1 Å². The van der Waals surface area contributed by atoms with E-state index in [0.29, 0.717) is 16.7 Å². The van der Waals surface area contributed by atoms with Gasteiger partial charge in [0.15, 0.2) is 0 Å². The normalized spacial score (nSPS) is 61.6. The van der Waals surface area contributed by atoms with Crippen LogP contribution in [0.25, 0.3) is 0 Å². The summed E-state index contributed by atoms with van der Waals surface area (Å²) >= 11 is 2.57. The van der Waals surface area contributed by atoms with E-state index in [0.717, 1.165) is 18.3 Å². The first kappa shape index (κ1) is 12.7. The van der Waals surface area contributed by atoms with Gasteiger partial charge in [0, 0.05) is 4.43 Å². The van der Waals surface area contributed by atoms with Gasteiger partial charge in [-0.2, -0.15) is 0 Å². The van der Waals surface area contributed by atoms with Crippen LogP contribution in [0.2, 0.25) is 0 Å². The lowest BCUT2D eigenvalue weighted by molar-refractivity contribution is -0.0703. The largest absolute Gasteiger partial charge is 0.390 e. The van der Waals surface area contributed by atoms with Crippen molar-refractivity contribution >= 4 is 22.6 Å². The Bertz CT molecular complexity index is 336. The van der Waals surface area contributed by atoms with Crippen LogP contribution in [0.4, 0.5) is 0 Å². The van der Waals surface area contributed by atoms with Crippen LogP contribution in [-0.2, 0) is 0 Å². The minimum atomic E-state index is -0.408. The smallest absolute Gasteiger partial charge is 0.0653 e. The Kier molecular flexibility index (Phi) is 2.71. The van der Waals surface area contributed by atoms with E-state index in [-0.39, 0.29) is 0 Å². The molecule has 3 rings (SSSR count). The Morgan fingerprint density at radius 3 is 2.53 bits per heavy atom. The molecule has 3 saturated carbocycles. The van der Waals surface area contributed by atoms with Gasteiger partial charge >= 0.3 is 0 Å². The predicted molar refractivity (Wildman–Crippen MR) is 79.3 cm³/mol. The molecular formula is C15H25IO. The summed E-state index contributed by atoms with van der Waals surface area (Å²) in [5.74, 6) is 2.30. The summed E-state index contributed by atoms with van der Waals surface area (Å²) in [5, 5.41) is 10.8. The second kappa shape index (κ2) is 3.62. The number of hydrogen-bond acceptors (Lipinski definition) is 1. The van der Waals surface area contributed by atoms with Gasteiger partial charge in [0.1, 0.15) is 0 Å². The molecule has 98 valence electrons. The third-order valence-corrected chi connectivity index (χ3v) is 8.52. The summed E-state index contributed by atoms with van der Waals surface area (Å²) in [6, 6.07) is 0. The first-order valence-corrected chi connectivity index (χ1v) is 8.68. The second-order valence-electron chi connectivity index (χ2n) is 7.52. The van der Waals surface area contributed by atoms with E-state index < -0.39 is 5.60 Å². The third-order valence-electron chi connectivity index (χ3n) is 6.88. The van der Waals surface area contributed by atoms with Crippen LogP contribution >= 0.6 is 22.6 Å². The van der Waals surface area contributed by atoms with Gasteiger partial charge in [-0.05, 0) is 67.6 Å². The molecule has 0 aliphatic heterocycles. The molecule has 0 aromatic heterocycles. The van der Waals surface area contributed by atoms with Gasteiger partial charge < -0.3 is 5.11 Å². The van der Waals surface area contributed by atoms with E-state index in [1.807, 2.05) is 0 Å². The number of alkyl halides is 1. The van der Waals surface area contributed by atoms with Gasteiger partial charge in [0.25, 0.3) is 0 Å². The van der Waals surface area contributed by atoms with Crippen LogP contribution in [-0.4, -0.2) is 15.1 Å². The molecule has 4 unspecified atom stereocenters. The quantitative estimate of drug-likeness (QED) is 0.560. The molecule has 1 nitrogen and oxygen atoms in total. The molecule has 2 bridgehead atoms. The summed E-state index contributed by atoms with van der Waals surface area (Å²) in [7, 11) is 0. The topological polar surface area (TPSA) is 20.2 Å². The molecule has 3 aliphatic rings. The molecule has 3 aliphatic carbocycles. The van der Waals surface area contributed by atoms with Gasteiger partial charge in [0.05, 0.1) is 5.60 Å². The minimum absolute atomic E-state index is 0.380. The molecule has 2 heteroatoms. The van der Waals surface area contributed by atoms with Crippen molar-refractivity contribution in [3.63, 3.8) is 0 Å².